The van der Waals surface area contributed by atoms with Crippen molar-refractivity contribution in [1.29, 1.82) is 0 Å². The minimum Gasteiger partial charge on any atom is -0.316 e. The standard InChI is InChI=1S/C27H28N4O3/c1-17-7-8-23(24(9-17)31(33)34)28-26(32)22-16-30(21-5-3-2-4-6-21)29-25(22)27-13-18-10-19(14-27)12-20(11-18)15-27/h2-9,16,18-20H,10-15H2,1H3,(H,28,32). The Balaban J connectivity index is 1.43. The van der Waals surface area contributed by atoms with Crippen LogP contribution in [0, 0.1) is 34.8 Å². The first-order chi connectivity index (χ1) is 16.4. The minimum absolute atomic E-state index is 0.0827. The number of amides is 1. The van der Waals surface area contributed by atoms with Crippen molar-refractivity contribution in [1.82, 2.24) is 9.78 Å². The van der Waals surface area contributed by atoms with Gasteiger partial charge in [0.1, 0.15) is 5.69 Å². The lowest BCUT2D eigenvalue weighted by Crippen LogP contribution is -2.49. The third-order valence-corrected chi connectivity index (χ3v) is 8.12. The average molecular weight is 457 g/mol. The first kappa shape index (κ1) is 21.1. The maximum absolute atomic E-state index is 13.6. The van der Waals surface area contributed by atoms with Crippen molar-refractivity contribution >= 4 is 17.3 Å². The van der Waals surface area contributed by atoms with Crippen LogP contribution in [0.5, 0.6) is 0 Å². The summed E-state index contributed by atoms with van der Waals surface area (Å²) in [6.07, 6.45) is 8.95. The summed E-state index contributed by atoms with van der Waals surface area (Å²) in [4.78, 5) is 24.8. The summed E-state index contributed by atoms with van der Waals surface area (Å²) in [6, 6.07) is 14.7. The van der Waals surface area contributed by atoms with E-state index in [9.17, 15) is 14.9 Å². The first-order valence-electron chi connectivity index (χ1n) is 12.1. The largest absolute Gasteiger partial charge is 0.316 e. The lowest BCUT2D eigenvalue weighted by Gasteiger charge is -2.56. The summed E-state index contributed by atoms with van der Waals surface area (Å²) in [6.45, 7) is 1.80. The number of nitrogens with zero attached hydrogens (tertiary/aromatic N) is 3. The van der Waals surface area contributed by atoms with E-state index in [0.29, 0.717) is 23.3 Å². The van der Waals surface area contributed by atoms with Crippen LogP contribution in [-0.2, 0) is 5.41 Å². The van der Waals surface area contributed by atoms with Crippen LogP contribution in [0.2, 0.25) is 0 Å². The van der Waals surface area contributed by atoms with Crippen LogP contribution in [0.1, 0.15) is 60.1 Å². The molecule has 7 nitrogen and oxygen atoms in total. The number of carbonyl (C=O) groups is 1. The number of hydrogen-bond donors (Lipinski definition) is 1. The van der Waals surface area contributed by atoms with E-state index in [2.05, 4.69) is 5.32 Å². The third kappa shape index (κ3) is 3.50. The van der Waals surface area contributed by atoms with Crippen LogP contribution in [0.3, 0.4) is 0 Å². The van der Waals surface area contributed by atoms with Crippen molar-refractivity contribution in [3.63, 3.8) is 0 Å². The molecule has 4 fully saturated rings. The van der Waals surface area contributed by atoms with E-state index in [1.165, 1.54) is 25.3 Å². The molecule has 4 aliphatic carbocycles. The second kappa shape index (κ2) is 7.79. The number of para-hydroxylation sites is 1. The average Bonchev–Trinajstić information content (AvgIpc) is 3.27. The molecule has 4 aliphatic rings. The predicted octanol–water partition coefficient (Wildman–Crippen LogP) is 5.81. The van der Waals surface area contributed by atoms with Crippen LogP contribution in [0.25, 0.3) is 5.69 Å². The van der Waals surface area contributed by atoms with Gasteiger partial charge in [-0.05, 0) is 87.0 Å². The van der Waals surface area contributed by atoms with E-state index < -0.39 is 4.92 Å². The van der Waals surface area contributed by atoms with E-state index in [4.69, 9.17) is 5.10 Å². The number of benzene rings is 2. The summed E-state index contributed by atoms with van der Waals surface area (Å²) < 4.78 is 1.80. The topological polar surface area (TPSA) is 90.1 Å². The summed E-state index contributed by atoms with van der Waals surface area (Å²) >= 11 is 0. The van der Waals surface area contributed by atoms with Gasteiger partial charge in [-0.3, -0.25) is 14.9 Å². The molecule has 0 radical (unpaired) electrons. The fourth-order valence-corrected chi connectivity index (χ4v) is 7.13. The second-order valence-corrected chi connectivity index (χ2v) is 10.6. The van der Waals surface area contributed by atoms with Gasteiger partial charge in [0.25, 0.3) is 11.6 Å². The van der Waals surface area contributed by atoms with Gasteiger partial charge in [0.15, 0.2) is 0 Å². The van der Waals surface area contributed by atoms with Crippen molar-refractivity contribution in [2.24, 2.45) is 17.8 Å². The van der Waals surface area contributed by atoms with Gasteiger partial charge in [0.05, 0.1) is 21.9 Å². The van der Waals surface area contributed by atoms with Crippen LogP contribution in [0.15, 0.2) is 54.7 Å². The Morgan fingerprint density at radius 1 is 1.06 bits per heavy atom. The maximum atomic E-state index is 13.6. The maximum Gasteiger partial charge on any atom is 0.293 e. The molecule has 0 atom stereocenters. The molecular formula is C27H28N4O3. The number of rotatable bonds is 5. The second-order valence-electron chi connectivity index (χ2n) is 10.6. The number of anilines is 1. The molecule has 7 rings (SSSR count). The summed E-state index contributed by atoms with van der Waals surface area (Å²) in [7, 11) is 0. The lowest BCUT2D eigenvalue weighted by molar-refractivity contribution is -0.384. The molecule has 7 heteroatoms. The Morgan fingerprint density at radius 2 is 1.71 bits per heavy atom. The van der Waals surface area contributed by atoms with E-state index in [1.54, 1.807) is 29.9 Å². The molecule has 0 saturated heterocycles. The van der Waals surface area contributed by atoms with Crippen molar-refractivity contribution in [2.45, 2.75) is 50.9 Å². The molecule has 0 spiro atoms. The Morgan fingerprint density at radius 3 is 2.32 bits per heavy atom. The Bertz CT molecular complexity index is 1240. The van der Waals surface area contributed by atoms with Crippen LogP contribution in [-0.4, -0.2) is 20.6 Å². The minimum atomic E-state index is -0.448. The van der Waals surface area contributed by atoms with Gasteiger partial charge in [-0.1, -0.05) is 24.3 Å². The van der Waals surface area contributed by atoms with E-state index in [-0.39, 0.29) is 22.7 Å². The lowest BCUT2D eigenvalue weighted by atomic mass is 9.48. The highest BCUT2D eigenvalue weighted by atomic mass is 16.6. The number of aryl methyl sites for hydroxylation is 1. The normalized spacial score (nSPS) is 27.0. The van der Waals surface area contributed by atoms with Gasteiger partial charge in [-0.15, -0.1) is 0 Å². The number of carbonyl (C=O) groups excluding carboxylic acids is 1. The van der Waals surface area contributed by atoms with Crippen molar-refractivity contribution in [3.8, 4) is 5.69 Å². The molecule has 1 amide bonds. The van der Waals surface area contributed by atoms with Crippen LogP contribution >= 0.6 is 0 Å². The molecule has 34 heavy (non-hydrogen) atoms. The molecule has 174 valence electrons. The first-order valence-corrected chi connectivity index (χ1v) is 12.1. The van der Waals surface area contributed by atoms with E-state index >= 15 is 0 Å². The highest BCUT2D eigenvalue weighted by Crippen LogP contribution is 2.61. The fourth-order valence-electron chi connectivity index (χ4n) is 7.13. The van der Waals surface area contributed by atoms with Crippen LogP contribution < -0.4 is 5.32 Å². The molecule has 1 heterocycles. The molecule has 2 aromatic carbocycles. The summed E-state index contributed by atoms with van der Waals surface area (Å²) in [5.41, 5.74) is 3.10. The third-order valence-electron chi connectivity index (χ3n) is 8.12. The van der Waals surface area contributed by atoms with Gasteiger partial charge in [0.2, 0.25) is 0 Å². The zero-order valence-corrected chi connectivity index (χ0v) is 19.2. The molecule has 1 N–H and O–H groups in total. The highest BCUT2D eigenvalue weighted by Gasteiger charge is 2.54. The molecule has 3 aromatic rings. The number of nitrogens with one attached hydrogen (secondary N) is 1. The van der Waals surface area contributed by atoms with Gasteiger partial charge >= 0.3 is 0 Å². The van der Waals surface area contributed by atoms with Gasteiger partial charge in [0, 0.05) is 17.7 Å². The Kier molecular flexibility index (Phi) is 4.83. The van der Waals surface area contributed by atoms with Crippen molar-refractivity contribution in [2.75, 3.05) is 5.32 Å². The zero-order chi connectivity index (χ0) is 23.4. The number of nitro groups is 1. The molecular weight excluding hydrogens is 428 g/mol. The SMILES string of the molecule is Cc1ccc(NC(=O)c2cn(-c3ccccc3)nc2C23CC4CC(CC(C4)C2)C3)c([N+](=O)[O-])c1. The van der Waals surface area contributed by atoms with Crippen LogP contribution in [0.4, 0.5) is 11.4 Å². The predicted molar refractivity (Wildman–Crippen MR) is 129 cm³/mol. The van der Waals surface area contributed by atoms with Gasteiger partial charge < -0.3 is 5.32 Å². The molecule has 4 saturated carbocycles. The molecule has 4 bridgehead atoms. The highest BCUT2D eigenvalue weighted by molar-refractivity contribution is 6.06. The zero-order valence-electron chi connectivity index (χ0n) is 19.2. The monoisotopic (exact) mass is 456 g/mol. The fraction of sp³-hybridized carbons (Fsp3) is 0.407. The molecule has 0 unspecified atom stereocenters. The van der Waals surface area contributed by atoms with Crippen molar-refractivity contribution < 1.29 is 9.72 Å². The Hall–Kier alpha value is -3.48. The number of nitro benzene ring substituents is 1. The molecule has 0 aliphatic heterocycles. The number of aromatic nitrogens is 2. The van der Waals surface area contributed by atoms with E-state index in [1.807, 2.05) is 30.3 Å². The van der Waals surface area contributed by atoms with E-state index in [0.717, 1.165) is 36.2 Å². The quantitative estimate of drug-likeness (QED) is 0.387. The van der Waals surface area contributed by atoms with Crippen molar-refractivity contribution in [3.05, 3.63) is 81.7 Å². The molecule has 1 aromatic heterocycles. The Labute approximate surface area is 198 Å². The van der Waals surface area contributed by atoms with Gasteiger partial charge in [-0.2, -0.15) is 5.10 Å². The summed E-state index contributed by atoms with van der Waals surface area (Å²) in [5.74, 6) is 1.80. The number of hydrogen-bond acceptors (Lipinski definition) is 4. The summed E-state index contributed by atoms with van der Waals surface area (Å²) in [5, 5.41) is 19.5. The van der Waals surface area contributed by atoms with Gasteiger partial charge in [-0.25, -0.2) is 4.68 Å². The smallest absolute Gasteiger partial charge is 0.293 e.